The number of fused-ring (bicyclic) bond motifs is 1. The Morgan fingerprint density at radius 3 is 2.63 bits per heavy atom. The lowest BCUT2D eigenvalue weighted by molar-refractivity contribution is 0.469. The maximum absolute atomic E-state index is 6.32. The van der Waals surface area contributed by atoms with Gasteiger partial charge in [-0.3, -0.25) is 0 Å². The van der Waals surface area contributed by atoms with E-state index in [2.05, 4.69) is 39.3 Å². The Hall–Kier alpha value is -3.67. The molecule has 0 fully saturated rings. The van der Waals surface area contributed by atoms with E-state index >= 15 is 0 Å². The highest BCUT2D eigenvalue weighted by Crippen LogP contribution is 2.33. The monoisotopic (exact) mass is 399 g/mol. The smallest absolute Gasteiger partial charge is 0.248 e. The van der Waals surface area contributed by atoms with Crippen LogP contribution in [0.5, 0.6) is 11.6 Å². The highest BCUT2D eigenvalue weighted by Gasteiger charge is 2.13. The van der Waals surface area contributed by atoms with Gasteiger partial charge >= 0.3 is 0 Å². The van der Waals surface area contributed by atoms with Gasteiger partial charge in [-0.15, -0.1) is 0 Å². The molecule has 0 aliphatic rings. The van der Waals surface area contributed by atoms with Crippen molar-refractivity contribution in [2.24, 2.45) is 0 Å². The number of unbranched alkanes of at least 4 members (excludes halogenated alkanes) is 1. The van der Waals surface area contributed by atoms with Crippen molar-refractivity contribution in [3.05, 3.63) is 72.2 Å². The predicted octanol–water partition coefficient (Wildman–Crippen LogP) is 5.79. The first-order valence-electron chi connectivity index (χ1n) is 10.1. The number of aromatic nitrogens is 3. The fourth-order valence-electron chi connectivity index (χ4n) is 3.24. The van der Waals surface area contributed by atoms with Crippen molar-refractivity contribution < 1.29 is 4.74 Å². The Balaban J connectivity index is 1.57. The summed E-state index contributed by atoms with van der Waals surface area (Å²) in [6, 6.07) is 18.1. The van der Waals surface area contributed by atoms with Crippen LogP contribution in [-0.2, 0) is 6.42 Å². The van der Waals surface area contributed by atoms with Crippen LogP contribution < -0.4 is 15.8 Å². The second kappa shape index (κ2) is 8.78. The Kier molecular flexibility index (Phi) is 5.75. The normalized spacial score (nSPS) is 10.9. The van der Waals surface area contributed by atoms with Crippen LogP contribution >= 0.6 is 0 Å². The molecule has 6 nitrogen and oxygen atoms in total. The van der Waals surface area contributed by atoms with Crippen LogP contribution in [0.25, 0.3) is 10.9 Å². The number of benzene rings is 2. The van der Waals surface area contributed by atoms with Gasteiger partial charge in [0, 0.05) is 16.8 Å². The molecule has 3 N–H and O–H groups in total. The van der Waals surface area contributed by atoms with Gasteiger partial charge in [-0.1, -0.05) is 43.7 Å². The molecule has 0 saturated carbocycles. The van der Waals surface area contributed by atoms with Gasteiger partial charge < -0.3 is 15.8 Å². The second-order valence-corrected chi connectivity index (χ2v) is 7.25. The fourth-order valence-corrected chi connectivity index (χ4v) is 3.24. The first-order chi connectivity index (χ1) is 14.6. The van der Waals surface area contributed by atoms with Crippen LogP contribution in [0.3, 0.4) is 0 Å². The molecule has 0 aliphatic heterocycles. The summed E-state index contributed by atoms with van der Waals surface area (Å²) in [7, 11) is 0. The molecule has 0 bridgehead atoms. The number of ether oxygens (including phenoxy) is 1. The quantitative estimate of drug-likeness (QED) is 0.409. The highest BCUT2D eigenvalue weighted by molar-refractivity contribution is 5.85. The van der Waals surface area contributed by atoms with Gasteiger partial charge in [-0.2, -0.15) is 4.98 Å². The van der Waals surface area contributed by atoms with E-state index in [1.165, 1.54) is 24.7 Å². The zero-order valence-corrected chi connectivity index (χ0v) is 17.2. The summed E-state index contributed by atoms with van der Waals surface area (Å²) in [6.07, 6.45) is 4.90. The molecule has 4 rings (SSSR count). The summed E-state index contributed by atoms with van der Waals surface area (Å²) in [5, 5.41) is 4.25. The van der Waals surface area contributed by atoms with Crippen LogP contribution in [0, 0.1) is 6.92 Å². The number of aryl methyl sites for hydroxylation is 2. The number of nitrogen functional groups attached to an aromatic ring is 1. The van der Waals surface area contributed by atoms with Crippen LogP contribution in [0.1, 0.15) is 31.0 Å². The van der Waals surface area contributed by atoms with Crippen molar-refractivity contribution in [3.8, 4) is 11.6 Å². The second-order valence-electron chi connectivity index (χ2n) is 7.25. The van der Waals surface area contributed by atoms with E-state index in [1.54, 1.807) is 0 Å². The molecule has 2 heterocycles. The van der Waals surface area contributed by atoms with Gasteiger partial charge in [0.25, 0.3) is 0 Å². The van der Waals surface area contributed by atoms with Gasteiger partial charge in [-0.05, 0) is 49.6 Å². The number of nitrogens with zero attached hydrogens (tertiary/aromatic N) is 3. The number of rotatable bonds is 7. The standard InChI is InChI=1S/C24H25N5O/c1-3-4-6-17-10-13-19(14-11-17)29-23-21(25)24(27-15-26-23)30-20-8-5-7-18-12-9-16(2)28-22(18)20/h5,7-15H,3-4,6,25H2,1-2H3,(H,26,27,29). The maximum Gasteiger partial charge on any atom is 0.248 e. The van der Waals surface area contributed by atoms with Crippen molar-refractivity contribution in [2.45, 2.75) is 33.1 Å². The van der Waals surface area contributed by atoms with Gasteiger partial charge in [0.1, 0.15) is 17.5 Å². The Morgan fingerprint density at radius 2 is 1.83 bits per heavy atom. The summed E-state index contributed by atoms with van der Waals surface area (Å²) < 4.78 is 6.04. The average Bonchev–Trinajstić information content (AvgIpc) is 2.76. The zero-order valence-electron chi connectivity index (χ0n) is 17.2. The molecular weight excluding hydrogens is 374 g/mol. The van der Waals surface area contributed by atoms with Crippen LogP contribution in [0.15, 0.2) is 60.9 Å². The van der Waals surface area contributed by atoms with E-state index in [0.717, 1.165) is 28.7 Å². The molecule has 2 aromatic heterocycles. The van der Waals surface area contributed by atoms with Gasteiger partial charge in [-0.25, -0.2) is 9.97 Å². The lowest BCUT2D eigenvalue weighted by Gasteiger charge is -2.13. The molecule has 0 saturated heterocycles. The van der Waals surface area contributed by atoms with Crippen molar-refractivity contribution in [3.63, 3.8) is 0 Å². The first-order valence-corrected chi connectivity index (χ1v) is 10.1. The highest BCUT2D eigenvalue weighted by atomic mass is 16.5. The summed E-state index contributed by atoms with van der Waals surface area (Å²) in [5.74, 6) is 1.40. The maximum atomic E-state index is 6.32. The average molecular weight is 399 g/mol. The Morgan fingerprint density at radius 1 is 1.00 bits per heavy atom. The third kappa shape index (κ3) is 4.33. The zero-order chi connectivity index (χ0) is 20.9. The third-order valence-electron chi connectivity index (χ3n) is 4.91. The third-order valence-corrected chi connectivity index (χ3v) is 4.91. The van der Waals surface area contributed by atoms with E-state index in [0.29, 0.717) is 23.1 Å². The molecule has 0 aliphatic carbocycles. The van der Waals surface area contributed by atoms with Gasteiger partial charge in [0.15, 0.2) is 11.6 Å². The minimum Gasteiger partial charge on any atom is -0.435 e. The van der Waals surface area contributed by atoms with Crippen molar-refractivity contribution in [1.82, 2.24) is 15.0 Å². The molecule has 0 radical (unpaired) electrons. The topological polar surface area (TPSA) is 86.0 Å². The van der Waals surface area contributed by atoms with Gasteiger partial charge in [0.2, 0.25) is 5.88 Å². The minimum absolute atomic E-state index is 0.294. The summed E-state index contributed by atoms with van der Waals surface area (Å²) in [4.78, 5) is 13.1. The van der Waals surface area contributed by atoms with Crippen LogP contribution in [0.2, 0.25) is 0 Å². The fraction of sp³-hybridized carbons (Fsp3) is 0.208. The molecule has 2 aromatic carbocycles. The molecule has 0 atom stereocenters. The molecular formula is C24H25N5O. The van der Waals surface area contributed by atoms with Crippen LogP contribution in [-0.4, -0.2) is 15.0 Å². The molecule has 6 heteroatoms. The molecule has 152 valence electrons. The van der Waals surface area contributed by atoms with E-state index in [-0.39, 0.29) is 0 Å². The van der Waals surface area contributed by atoms with E-state index < -0.39 is 0 Å². The molecule has 4 aromatic rings. The van der Waals surface area contributed by atoms with Crippen LogP contribution in [0.4, 0.5) is 17.2 Å². The number of hydrogen-bond donors (Lipinski definition) is 2. The SMILES string of the molecule is CCCCc1ccc(Nc2ncnc(Oc3cccc4ccc(C)nc34)c2N)cc1. The van der Waals surface area contributed by atoms with Crippen molar-refractivity contribution in [1.29, 1.82) is 0 Å². The number of para-hydroxylation sites is 1. The number of nitrogens with one attached hydrogen (secondary N) is 1. The Labute approximate surface area is 176 Å². The van der Waals surface area contributed by atoms with E-state index in [9.17, 15) is 0 Å². The molecule has 0 spiro atoms. The van der Waals surface area contributed by atoms with E-state index in [1.807, 2.05) is 49.4 Å². The molecule has 0 amide bonds. The predicted molar refractivity (Wildman–Crippen MR) is 121 cm³/mol. The van der Waals surface area contributed by atoms with Crippen molar-refractivity contribution in [2.75, 3.05) is 11.1 Å². The number of anilines is 3. The molecule has 30 heavy (non-hydrogen) atoms. The largest absolute Gasteiger partial charge is 0.435 e. The van der Waals surface area contributed by atoms with Gasteiger partial charge in [0.05, 0.1) is 0 Å². The summed E-state index contributed by atoms with van der Waals surface area (Å²) >= 11 is 0. The van der Waals surface area contributed by atoms with Crippen molar-refractivity contribution >= 4 is 28.1 Å². The minimum atomic E-state index is 0.294. The first kappa shape index (κ1) is 19.6. The summed E-state index contributed by atoms with van der Waals surface area (Å²) in [6.45, 7) is 4.15. The summed E-state index contributed by atoms with van der Waals surface area (Å²) in [5.41, 5.74) is 10.6. The number of pyridine rings is 1. The Bertz CT molecular complexity index is 1160. The number of hydrogen-bond acceptors (Lipinski definition) is 6. The number of nitrogens with two attached hydrogens (primary N) is 1. The lowest BCUT2D eigenvalue weighted by Crippen LogP contribution is -2.03. The van der Waals surface area contributed by atoms with E-state index in [4.69, 9.17) is 10.5 Å². The lowest BCUT2D eigenvalue weighted by atomic mass is 10.1. The molecule has 0 unspecified atom stereocenters.